The molecule has 1 aliphatic heterocycles. The number of nitrogens with one attached hydrogen (secondary N) is 1. The number of carbonyl (C=O) groups excluding carboxylic acids is 2. The molecule has 1 N–H and O–H groups in total. The summed E-state index contributed by atoms with van der Waals surface area (Å²) in [5.74, 6) is -0.748. The van der Waals surface area contributed by atoms with Crippen LogP contribution in [0.3, 0.4) is 0 Å². The summed E-state index contributed by atoms with van der Waals surface area (Å²) in [7, 11) is 0. The largest absolute Gasteiger partial charge is 0.324 e. The van der Waals surface area contributed by atoms with Crippen LogP contribution in [0, 0.1) is 6.92 Å². The fourth-order valence-corrected chi connectivity index (χ4v) is 3.92. The number of halogens is 1. The fraction of sp³-hybridized carbons (Fsp3) is 0.217. The predicted octanol–water partition coefficient (Wildman–Crippen LogP) is 3.44. The third-order valence-corrected chi connectivity index (χ3v) is 5.76. The third kappa shape index (κ3) is 4.09. The van der Waals surface area contributed by atoms with Crippen molar-refractivity contribution in [1.82, 2.24) is 9.78 Å². The zero-order chi connectivity index (χ0) is 22.1. The lowest BCUT2D eigenvalue weighted by Crippen LogP contribution is -2.38. The number of rotatable bonds is 4. The molecule has 0 spiro atoms. The zero-order valence-electron chi connectivity index (χ0n) is 17.1. The lowest BCUT2D eigenvalue weighted by atomic mass is 10.1. The minimum absolute atomic E-state index is 0.0267. The van der Waals surface area contributed by atoms with Crippen LogP contribution in [-0.4, -0.2) is 27.6 Å². The molecule has 4 rings (SSSR count). The van der Waals surface area contributed by atoms with E-state index < -0.39 is 11.5 Å². The first-order valence-electron chi connectivity index (χ1n) is 9.89. The standard InChI is InChI=1S/C23H21ClN4O3/c1-14-12-16-6-3-4-9-20(16)28(14)23(31)19-10-11-22(30)27(26-19)13-21(29)25-18-8-5-7-17(24)15(18)2/h3-11,14H,12-13H2,1-2H3,(H,25,29)/t14-/m1/s1. The van der Waals surface area contributed by atoms with E-state index >= 15 is 0 Å². The Labute approximate surface area is 184 Å². The molecule has 1 aromatic heterocycles. The van der Waals surface area contributed by atoms with Crippen LogP contribution in [0.2, 0.25) is 5.02 Å². The summed E-state index contributed by atoms with van der Waals surface area (Å²) in [6.07, 6.45) is 0.753. The van der Waals surface area contributed by atoms with Gasteiger partial charge in [-0.2, -0.15) is 5.10 Å². The van der Waals surface area contributed by atoms with Crippen LogP contribution in [0.1, 0.15) is 28.5 Å². The molecule has 0 radical (unpaired) electrons. The average Bonchev–Trinajstić information content (AvgIpc) is 3.08. The van der Waals surface area contributed by atoms with E-state index in [-0.39, 0.29) is 24.2 Å². The number of hydrogen-bond donors (Lipinski definition) is 1. The summed E-state index contributed by atoms with van der Waals surface area (Å²) in [6.45, 7) is 3.43. The quantitative estimate of drug-likeness (QED) is 0.679. The molecular weight excluding hydrogens is 416 g/mol. The summed E-state index contributed by atoms with van der Waals surface area (Å²) in [5, 5.41) is 7.43. The molecule has 0 saturated carbocycles. The number of carbonyl (C=O) groups is 2. The van der Waals surface area contributed by atoms with Crippen LogP contribution in [-0.2, 0) is 17.8 Å². The zero-order valence-corrected chi connectivity index (χ0v) is 17.9. The van der Waals surface area contributed by atoms with Gasteiger partial charge in [0.25, 0.3) is 11.5 Å². The molecule has 31 heavy (non-hydrogen) atoms. The number of fused-ring (bicyclic) bond motifs is 1. The van der Waals surface area contributed by atoms with Gasteiger partial charge in [-0.05, 0) is 55.7 Å². The van der Waals surface area contributed by atoms with Gasteiger partial charge in [0, 0.05) is 28.5 Å². The minimum atomic E-state index is -0.468. The van der Waals surface area contributed by atoms with Crippen LogP contribution < -0.4 is 15.8 Å². The summed E-state index contributed by atoms with van der Waals surface area (Å²) < 4.78 is 0.995. The number of nitrogens with zero attached hydrogens (tertiary/aromatic N) is 3. The number of para-hydroxylation sites is 1. The number of amides is 2. The van der Waals surface area contributed by atoms with Crippen molar-refractivity contribution in [2.45, 2.75) is 32.9 Å². The number of hydrogen-bond acceptors (Lipinski definition) is 4. The molecule has 0 fully saturated rings. The fourth-order valence-electron chi connectivity index (χ4n) is 3.74. The van der Waals surface area contributed by atoms with E-state index in [1.807, 2.05) is 31.2 Å². The number of anilines is 2. The lowest BCUT2D eigenvalue weighted by Gasteiger charge is -2.22. The Hall–Kier alpha value is -3.45. The highest BCUT2D eigenvalue weighted by Gasteiger charge is 2.32. The highest BCUT2D eigenvalue weighted by Crippen LogP contribution is 2.32. The van der Waals surface area contributed by atoms with E-state index in [1.54, 1.807) is 30.0 Å². The minimum Gasteiger partial charge on any atom is -0.324 e. The Bertz CT molecular complexity index is 1240. The second-order valence-corrected chi connectivity index (χ2v) is 7.94. The molecule has 7 nitrogen and oxygen atoms in total. The van der Waals surface area contributed by atoms with Crippen molar-refractivity contribution in [2.75, 3.05) is 10.2 Å². The summed E-state index contributed by atoms with van der Waals surface area (Å²) in [5.41, 5.74) is 2.85. The smallest absolute Gasteiger partial charge is 0.278 e. The average molecular weight is 437 g/mol. The highest BCUT2D eigenvalue weighted by molar-refractivity contribution is 6.31. The van der Waals surface area contributed by atoms with Crippen molar-refractivity contribution in [1.29, 1.82) is 0 Å². The van der Waals surface area contributed by atoms with Gasteiger partial charge in [0.1, 0.15) is 12.2 Å². The van der Waals surface area contributed by atoms with Crippen LogP contribution in [0.15, 0.2) is 59.4 Å². The molecule has 0 aliphatic carbocycles. The molecule has 8 heteroatoms. The maximum atomic E-state index is 13.2. The molecule has 1 aliphatic rings. The van der Waals surface area contributed by atoms with Gasteiger partial charge in [0.15, 0.2) is 0 Å². The topological polar surface area (TPSA) is 84.3 Å². The van der Waals surface area contributed by atoms with Gasteiger partial charge >= 0.3 is 0 Å². The first-order valence-corrected chi connectivity index (χ1v) is 10.3. The Morgan fingerprint density at radius 2 is 1.90 bits per heavy atom. The van der Waals surface area contributed by atoms with Crippen molar-refractivity contribution < 1.29 is 9.59 Å². The van der Waals surface area contributed by atoms with Gasteiger partial charge in [-0.1, -0.05) is 35.9 Å². The van der Waals surface area contributed by atoms with Gasteiger partial charge in [0.2, 0.25) is 5.91 Å². The van der Waals surface area contributed by atoms with Gasteiger partial charge in [0.05, 0.1) is 0 Å². The van der Waals surface area contributed by atoms with E-state index in [1.165, 1.54) is 12.1 Å². The first kappa shape index (κ1) is 20.8. The molecule has 1 atom stereocenters. The molecule has 2 aromatic carbocycles. The van der Waals surface area contributed by atoms with E-state index in [0.717, 1.165) is 27.9 Å². The molecule has 2 amide bonds. The molecular formula is C23H21ClN4O3. The summed E-state index contributed by atoms with van der Waals surface area (Å²) in [6, 6.07) is 15.5. The van der Waals surface area contributed by atoms with E-state index in [0.29, 0.717) is 10.7 Å². The second kappa shape index (κ2) is 8.35. The predicted molar refractivity (Wildman–Crippen MR) is 120 cm³/mol. The molecule has 2 heterocycles. The second-order valence-electron chi connectivity index (χ2n) is 7.53. The van der Waals surface area contributed by atoms with Crippen molar-refractivity contribution >= 4 is 34.8 Å². The van der Waals surface area contributed by atoms with Crippen molar-refractivity contribution in [3.63, 3.8) is 0 Å². The van der Waals surface area contributed by atoms with Crippen LogP contribution in [0.4, 0.5) is 11.4 Å². The van der Waals surface area contributed by atoms with Gasteiger partial charge in [-0.3, -0.25) is 14.4 Å². The summed E-state index contributed by atoms with van der Waals surface area (Å²) >= 11 is 6.09. The maximum Gasteiger partial charge on any atom is 0.278 e. The number of benzene rings is 2. The van der Waals surface area contributed by atoms with Crippen LogP contribution in [0.5, 0.6) is 0 Å². The molecule has 158 valence electrons. The first-order chi connectivity index (χ1) is 14.8. The Morgan fingerprint density at radius 3 is 2.71 bits per heavy atom. The van der Waals surface area contributed by atoms with Crippen LogP contribution >= 0.6 is 11.6 Å². The lowest BCUT2D eigenvalue weighted by molar-refractivity contribution is -0.117. The molecule has 3 aromatic rings. The van der Waals surface area contributed by atoms with Crippen LogP contribution in [0.25, 0.3) is 0 Å². The van der Waals surface area contributed by atoms with Crippen molar-refractivity contribution in [3.05, 3.63) is 86.8 Å². The van der Waals surface area contributed by atoms with Crippen molar-refractivity contribution in [2.24, 2.45) is 0 Å². The molecule has 0 saturated heterocycles. The van der Waals surface area contributed by atoms with Gasteiger partial charge in [-0.15, -0.1) is 0 Å². The monoisotopic (exact) mass is 436 g/mol. The normalized spacial score (nSPS) is 14.9. The number of aromatic nitrogens is 2. The van der Waals surface area contributed by atoms with E-state index in [4.69, 9.17) is 11.6 Å². The van der Waals surface area contributed by atoms with E-state index in [2.05, 4.69) is 10.4 Å². The third-order valence-electron chi connectivity index (χ3n) is 5.35. The van der Waals surface area contributed by atoms with E-state index in [9.17, 15) is 14.4 Å². The molecule has 0 bridgehead atoms. The Morgan fingerprint density at radius 1 is 1.13 bits per heavy atom. The van der Waals surface area contributed by atoms with Gasteiger partial charge in [-0.25, -0.2) is 4.68 Å². The van der Waals surface area contributed by atoms with Gasteiger partial charge < -0.3 is 10.2 Å². The summed E-state index contributed by atoms with van der Waals surface area (Å²) in [4.78, 5) is 39.6. The molecule has 0 unspecified atom stereocenters. The highest BCUT2D eigenvalue weighted by atomic mass is 35.5. The maximum absolute atomic E-state index is 13.2. The Kier molecular flexibility index (Phi) is 5.61. The van der Waals surface area contributed by atoms with Crippen molar-refractivity contribution in [3.8, 4) is 0 Å². The SMILES string of the molecule is Cc1c(Cl)cccc1NC(=O)Cn1nc(C(=O)N2c3ccccc3C[C@H]2C)ccc1=O. The Balaban J connectivity index is 1.56.